The van der Waals surface area contributed by atoms with Crippen LogP contribution in [0.4, 0.5) is 24.8 Å². The molecule has 0 radical (unpaired) electrons. The average Bonchev–Trinajstić information content (AvgIpc) is 3.22. The smallest absolute Gasteiger partial charge is 0.229 e. The molecule has 0 amide bonds. The summed E-state index contributed by atoms with van der Waals surface area (Å²) in [6, 6.07) is 12.9. The van der Waals surface area contributed by atoms with Gasteiger partial charge < -0.3 is 14.6 Å². The van der Waals surface area contributed by atoms with E-state index >= 15 is 0 Å². The predicted molar refractivity (Wildman–Crippen MR) is 129 cm³/mol. The fourth-order valence-electron chi connectivity index (χ4n) is 4.43. The number of nitrogens with one attached hydrogen (secondary N) is 1. The van der Waals surface area contributed by atoms with Crippen LogP contribution >= 0.6 is 0 Å². The number of benzene rings is 2. The van der Waals surface area contributed by atoms with Crippen molar-refractivity contribution in [2.75, 3.05) is 31.6 Å². The van der Waals surface area contributed by atoms with Crippen molar-refractivity contribution >= 4 is 22.7 Å². The van der Waals surface area contributed by atoms with Gasteiger partial charge in [-0.15, -0.1) is 0 Å². The molecule has 5 rings (SSSR count). The highest BCUT2D eigenvalue weighted by molar-refractivity contribution is 5.77. The highest BCUT2D eigenvalue weighted by atomic mass is 19.1. The van der Waals surface area contributed by atoms with Crippen LogP contribution in [0.1, 0.15) is 18.4 Å². The third-order valence-corrected chi connectivity index (χ3v) is 6.05. The van der Waals surface area contributed by atoms with Gasteiger partial charge in [-0.3, -0.25) is 4.90 Å². The van der Waals surface area contributed by atoms with E-state index in [4.69, 9.17) is 4.74 Å². The van der Waals surface area contributed by atoms with Gasteiger partial charge in [0.15, 0.2) is 0 Å². The van der Waals surface area contributed by atoms with Gasteiger partial charge in [-0.25, -0.2) is 18.2 Å². The molecule has 1 aliphatic rings. The monoisotopic (exact) mass is 481 g/mol. The Bertz CT molecular complexity index is 1270. The number of halogens is 3. The lowest BCUT2D eigenvalue weighted by Crippen LogP contribution is -2.41. The second-order valence-corrected chi connectivity index (χ2v) is 8.71. The lowest BCUT2D eigenvalue weighted by molar-refractivity contribution is 0.0848. The molecule has 1 saturated heterocycles. The number of hydrogen-bond donors (Lipinski definition) is 1. The largest absolute Gasteiger partial charge is 0.489 e. The molecule has 3 heterocycles. The number of nitrogens with zero attached hydrogens (tertiary/aromatic N) is 4. The van der Waals surface area contributed by atoms with E-state index in [1.165, 1.54) is 12.1 Å². The summed E-state index contributed by atoms with van der Waals surface area (Å²) in [6.45, 7) is 2.05. The molecule has 0 bridgehead atoms. The quantitative estimate of drug-likeness (QED) is 0.370. The molecule has 182 valence electrons. The predicted octanol–water partition coefficient (Wildman–Crippen LogP) is 5.31. The molecule has 1 atom stereocenters. The number of fused-ring (bicyclic) bond motifs is 1. The number of aromatic nitrogens is 3. The van der Waals surface area contributed by atoms with Gasteiger partial charge in [-0.2, -0.15) is 4.98 Å². The number of ether oxygens (including phenoxy) is 1. The lowest BCUT2D eigenvalue weighted by atomic mass is 10.1. The average molecular weight is 482 g/mol. The van der Waals surface area contributed by atoms with Crippen molar-refractivity contribution < 1.29 is 17.9 Å². The molecule has 0 aliphatic carbocycles. The standard InChI is InChI=1S/C26H26F3N5O/c27-8-11-33-9-1-2-24(17-33)35-23-5-3-22(4-6-23)31-26-30-15-19-7-10-34(25(19)32-26)16-18-12-20(28)14-21(29)13-18/h3-7,10,12-15,24H,1-2,8-9,11,16-17H2,(H,30,31,32). The molecular weight excluding hydrogens is 455 g/mol. The number of hydrogen-bond acceptors (Lipinski definition) is 5. The van der Waals surface area contributed by atoms with E-state index in [0.717, 1.165) is 48.8 Å². The van der Waals surface area contributed by atoms with E-state index < -0.39 is 11.6 Å². The number of rotatable bonds is 8. The van der Waals surface area contributed by atoms with Gasteiger partial charge in [0.05, 0.1) is 0 Å². The van der Waals surface area contributed by atoms with Crippen LogP contribution in [0, 0.1) is 11.6 Å². The summed E-state index contributed by atoms with van der Waals surface area (Å²) in [6.07, 6.45) is 5.53. The van der Waals surface area contributed by atoms with E-state index in [-0.39, 0.29) is 19.3 Å². The SMILES string of the molecule is FCCN1CCCC(Oc2ccc(Nc3ncc4ccn(Cc5cc(F)cc(F)c5)c4n3)cc2)C1. The molecule has 1 fully saturated rings. The second kappa shape index (κ2) is 10.4. The second-order valence-electron chi connectivity index (χ2n) is 8.71. The number of alkyl halides is 1. The van der Waals surface area contributed by atoms with Crippen LogP contribution in [-0.4, -0.2) is 51.8 Å². The van der Waals surface area contributed by atoms with Gasteiger partial charge in [0.25, 0.3) is 0 Å². The number of anilines is 2. The Morgan fingerprint density at radius 3 is 2.63 bits per heavy atom. The van der Waals surface area contributed by atoms with Crippen molar-refractivity contribution in [3.05, 3.63) is 78.1 Å². The number of piperidine rings is 1. The van der Waals surface area contributed by atoms with Crippen LogP contribution < -0.4 is 10.1 Å². The first-order chi connectivity index (χ1) is 17.1. The Hall–Kier alpha value is -3.59. The summed E-state index contributed by atoms with van der Waals surface area (Å²) in [5.41, 5.74) is 1.96. The number of likely N-dealkylation sites (tertiary alicyclic amines) is 1. The molecule has 4 aromatic rings. The Kier molecular flexibility index (Phi) is 6.85. The molecule has 1 unspecified atom stereocenters. The molecule has 2 aromatic carbocycles. The van der Waals surface area contributed by atoms with Crippen LogP contribution in [0.25, 0.3) is 11.0 Å². The molecule has 1 N–H and O–H groups in total. The lowest BCUT2D eigenvalue weighted by Gasteiger charge is -2.32. The van der Waals surface area contributed by atoms with E-state index in [9.17, 15) is 13.2 Å². The highest BCUT2D eigenvalue weighted by Gasteiger charge is 2.21. The van der Waals surface area contributed by atoms with Crippen LogP contribution in [0.3, 0.4) is 0 Å². The molecular formula is C26H26F3N5O. The Balaban J connectivity index is 1.26. The van der Waals surface area contributed by atoms with Gasteiger partial charge in [-0.1, -0.05) is 0 Å². The van der Waals surface area contributed by atoms with Crippen LogP contribution in [0.5, 0.6) is 5.75 Å². The van der Waals surface area contributed by atoms with Crippen molar-refractivity contribution in [1.82, 2.24) is 19.4 Å². The molecule has 2 aromatic heterocycles. The molecule has 1 aliphatic heterocycles. The maximum atomic E-state index is 13.6. The van der Waals surface area contributed by atoms with E-state index in [2.05, 4.69) is 20.2 Å². The Labute approximate surface area is 201 Å². The van der Waals surface area contributed by atoms with Gasteiger partial charge >= 0.3 is 0 Å². The third kappa shape index (κ3) is 5.74. The van der Waals surface area contributed by atoms with Gasteiger partial charge in [0, 0.05) is 49.2 Å². The zero-order valence-electron chi connectivity index (χ0n) is 19.1. The molecule has 6 nitrogen and oxygen atoms in total. The summed E-state index contributed by atoms with van der Waals surface area (Å²) in [4.78, 5) is 11.1. The molecule has 35 heavy (non-hydrogen) atoms. The highest BCUT2D eigenvalue weighted by Crippen LogP contribution is 2.23. The van der Waals surface area contributed by atoms with Gasteiger partial charge in [0.1, 0.15) is 35.8 Å². The fraction of sp³-hybridized carbons (Fsp3) is 0.308. The van der Waals surface area contributed by atoms with Crippen molar-refractivity contribution in [2.45, 2.75) is 25.5 Å². The first-order valence-corrected chi connectivity index (χ1v) is 11.6. The van der Waals surface area contributed by atoms with Crippen LogP contribution in [0.15, 0.2) is 60.9 Å². The van der Waals surface area contributed by atoms with Crippen molar-refractivity contribution in [1.29, 1.82) is 0 Å². The summed E-state index contributed by atoms with van der Waals surface area (Å²) in [7, 11) is 0. The van der Waals surface area contributed by atoms with Crippen molar-refractivity contribution in [3.8, 4) is 5.75 Å². The van der Waals surface area contributed by atoms with E-state index in [0.29, 0.717) is 23.7 Å². The molecule has 0 spiro atoms. The summed E-state index contributed by atoms with van der Waals surface area (Å²) in [5.74, 6) is -0.0520. The topological polar surface area (TPSA) is 55.2 Å². The minimum absolute atomic E-state index is 0.0548. The molecule has 9 heteroatoms. The van der Waals surface area contributed by atoms with E-state index in [1.54, 1.807) is 6.20 Å². The van der Waals surface area contributed by atoms with E-state index in [1.807, 2.05) is 41.1 Å². The third-order valence-electron chi connectivity index (χ3n) is 6.05. The van der Waals surface area contributed by atoms with Gasteiger partial charge in [-0.05, 0) is 67.4 Å². The minimum atomic E-state index is -0.610. The Morgan fingerprint density at radius 2 is 1.86 bits per heavy atom. The fourth-order valence-corrected chi connectivity index (χ4v) is 4.43. The normalized spacial score (nSPS) is 16.5. The zero-order chi connectivity index (χ0) is 24.2. The summed E-state index contributed by atoms with van der Waals surface area (Å²) in [5, 5.41) is 4.01. The Morgan fingerprint density at radius 1 is 1.06 bits per heavy atom. The van der Waals surface area contributed by atoms with Crippen molar-refractivity contribution in [2.24, 2.45) is 0 Å². The minimum Gasteiger partial charge on any atom is -0.489 e. The maximum absolute atomic E-state index is 13.6. The maximum Gasteiger partial charge on any atom is 0.229 e. The first kappa shape index (κ1) is 23.2. The van der Waals surface area contributed by atoms with Crippen LogP contribution in [-0.2, 0) is 6.54 Å². The van der Waals surface area contributed by atoms with Crippen molar-refractivity contribution in [3.63, 3.8) is 0 Å². The zero-order valence-corrected chi connectivity index (χ0v) is 19.1. The first-order valence-electron chi connectivity index (χ1n) is 11.6. The van der Waals surface area contributed by atoms with Crippen LogP contribution in [0.2, 0.25) is 0 Å². The summed E-state index contributed by atoms with van der Waals surface area (Å²) >= 11 is 0. The summed E-state index contributed by atoms with van der Waals surface area (Å²) < 4.78 is 47.7. The molecule has 0 saturated carbocycles. The van der Waals surface area contributed by atoms with Gasteiger partial charge in [0.2, 0.25) is 5.95 Å².